The van der Waals surface area contributed by atoms with Crippen molar-refractivity contribution in [2.45, 2.75) is 26.2 Å². The standard InChI is InChI=1S/C7H16ClN/c1-2-7(6-9)4-3-5-8/h7H,2-6,9H2,1H3. The molecule has 0 radical (unpaired) electrons. The third kappa shape index (κ3) is 4.73. The van der Waals surface area contributed by atoms with E-state index in [1.54, 1.807) is 0 Å². The molecule has 0 aromatic rings. The van der Waals surface area contributed by atoms with Gasteiger partial charge in [0.05, 0.1) is 0 Å². The molecule has 2 heteroatoms. The van der Waals surface area contributed by atoms with Crippen molar-refractivity contribution in [3.05, 3.63) is 0 Å². The Morgan fingerprint density at radius 3 is 2.56 bits per heavy atom. The summed E-state index contributed by atoms with van der Waals surface area (Å²) in [6.45, 7) is 2.99. The molecule has 0 aromatic heterocycles. The van der Waals surface area contributed by atoms with Gasteiger partial charge >= 0.3 is 0 Å². The van der Waals surface area contributed by atoms with Gasteiger partial charge in [0.2, 0.25) is 0 Å². The molecule has 56 valence electrons. The topological polar surface area (TPSA) is 26.0 Å². The predicted octanol–water partition coefficient (Wildman–Crippen LogP) is 1.99. The minimum absolute atomic E-state index is 0.698. The van der Waals surface area contributed by atoms with Gasteiger partial charge in [0.25, 0.3) is 0 Å². The first-order valence-corrected chi connectivity index (χ1v) is 4.14. The van der Waals surface area contributed by atoms with Gasteiger partial charge in [-0.15, -0.1) is 11.6 Å². The van der Waals surface area contributed by atoms with Crippen LogP contribution in [0.2, 0.25) is 0 Å². The third-order valence-electron chi connectivity index (χ3n) is 1.66. The number of hydrogen-bond acceptors (Lipinski definition) is 1. The van der Waals surface area contributed by atoms with E-state index in [0.717, 1.165) is 18.8 Å². The third-order valence-corrected chi connectivity index (χ3v) is 1.92. The van der Waals surface area contributed by atoms with Gasteiger partial charge in [0.1, 0.15) is 0 Å². The lowest BCUT2D eigenvalue weighted by atomic mass is 10.0. The van der Waals surface area contributed by atoms with Crippen LogP contribution in [0.1, 0.15) is 26.2 Å². The predicted molar refractivity (Wildman–Crippen MR) is 42.8 cm³/mol. The van der Waals surface area contributed by atoms with Crippen LogP contribution in [-0.2, 0) is 0 Å². The van der Waals surface area contributed by atoms with E-state index in [4.69, 9.17) is 17.3 Å². The Balaban J connectivity index is 3.09. The van der Waals surface area contributed by atoms with E-state index < -0.39 is 0 Å². The van der Waals surface area contributed by atoms with E-state index in [0.29, 0.717) is 5.92 Å². The fourth-order valence-corrected chi connectivity index (χ4v) is 1.01. The maximum Gasteiger partial charge on any atom is 0.0223 e. The second-order valence-electron chi connectivity index (χ2n) is 2.34. The molecule has 1 unspecified atom stereocenters. The Bertz CT molecular complexity index is 52.9. The first-order valence-electron chi connectivity index (χ1n) is 3.61. The highest BCUT2D eigenvalue weighted by Gasteiger charge is 2.00. The summed E-state index contributed by atoms with van der Waals surface area (Å²) in [5.74, 6) is 1.47. The van der Waals surface area contributed by atoms with Crippen molar-refractivity contribution in [1.29, 1.82) is 0 Å². The molecule has 0 saturated heterocycles. The van der Waals surface area contributed by atoms with Gasteiger partial charge in [0.15, 0.2) is 0 Å². The van der Waals surface area contributed by atoms with E-state index in [-0.39, 0.29) is 0 Å². The van der Waals surface area contributed by atoms with E-state index in [2.05, 4.69) is 6.92 Å². The molecule has 1 nitrogen and oxygen atoms in total. The second kappa shape index (κ2) is 6.37. The van der Waals surface area contributed by atoms with Gasteiger partial charge in [-0.1, -0.05) is 13.3 Å². The SMILES string of the molecule is CCC(CN)CCCCl. The van der Waals surface area contributed by atoms with Gasteiger partial charge in [-0.3, -0.25) is 0 Å². The Kier molecular flexibility index (Phi) is 6.55. The number of hydrogen-bond donors (Lipinski definition) is 1. The molecule has 0 rings (SSSR count). The summed E-state index contributed by atoms with van der Waals surface area (Å²) >= 11 is 5.52. The molecular formula is C7H16ClN. The number of halogens is 1. The Morgan fingerprint density at radius 2 is 2.22 bits per heavy atom. The van der Waals surface area contributed by atoms with Crippen LogP contribution in [0.15, 0.2) is 0 Å². The van der Waals surface area contributed by atoms with Crippen molar-refractivity contribution < 1.29 is 0 Å². The fraction of sp³-hybridized carbons (Fsp3) is 1.00. The molecule has 0 aliphatic rings. The van der Waals surface area contributed by atoms with Gasteiger partial charge < -0.3 is 5.73 Å². The average molecular weight is 150 g/mol. The summed E-state index contributed by atoms with van der Waals surface area (Å²) in [6.07, 6.45) is 3.49. The van der Waals surface area contributed by atoms with E-state index in [1.165, 1.54) is 12.8 Å². The first kappa shape index (κ1) is 9.25. The Hall–Kier alpha value is 0.250. The van der Waals surface area contributed by atoms with Crippen LogP contribution in [0, 0.1) is 5.92 Å². The molecule has 2 N–H and O–H groups in total. The summed E-state index contributed by atoms with van der Waals surface area (Å²) in [4.78, 5) is 0. The van der Waals surface area contributed by atoms with Crippen LogP contribution in [0.3, 0.4) is 0 Å². The molecule has 0 aliphatic carbocycles. The zero-order valence-corrected chi connectivity index (χ0v) is 6.82. The summed E-state index contributed by atoms with van der Waals surface area (Å²) in [5, 5.41) is 0. The van der Waals surface area contributed by atoms with Crippen molar-refractivity contribution in [1.82, 2.24) is 0 Å². The first-order chi connectivity index (χ1) is 4.35. The molecule has 0 spiro atoms. The second-order valence-corrected chi connectivity index (χ2v) is 2.72. The number of nitrogens with two attached hydrogens (primary N) is 1. The molecule has 0 aliphatic heterocycles. The monoisotopic (exact) mass is 149 g/mol. The average Bonchev–Trinajstić information content (AvgIpc) is 1.91. The number of rotatable bonds is 5. The van der Waals surface area contributed by atoms with E-state index in [1.807, 2.05) is 0 Å². The van der Waals surface area contributed by atoms with Gasteiger partial charge in [0, 0.05) is 5.88 Å². The Morgan fingerprint density at radius 1 is 1.56 bits per heavy atom. The maximum absolute atomic E-state index is 5.52. The quantitative estimate of drug-likeness (QED) is 0.595. The van der Waals surface area contributed by atoms with Gasteiger partial charge in [-0.05, 0) is 25.3 Å². The van der Waals surface area contributed by atoms with E-state index >= 15 is 0 Å². The molecule has 0 amide bonds. The minimum Gasteiger partial charge on any atom is -0.330 e. The minimum atomic E-state index is 0.698. The summed E-state index contributed by atoms with van der Waals surface area (Å²) in [5.41, 5.74) is 5.48. The normalized spacial score (nSPS) is 13.7. The molecule has 0 aromatic carbocycles. The molecule has 0 saturated carbocycles. The lowest BCUT2D eigenvalue weighted by molar-refractivity contribution is 0.477. The Labute approximate surface area is 62.6 Å². The molecular weight excluding hydrogens is 134 g/mol. The highest BCUT2D eigenvalue weighted by Crippen LogP contribution is 2.08. The largest absolute Gasteiger partial charge is 0.330 e. The van der Waals surface area contributed by atoms with Crippen molar-refractivity contribution in [2.75, 3.05) is 12.4 Å². The van der Waals surface area contributed by atoms with E-state index in [9.17, 15) is 0 Å². The lowest BCUT2D eigenvalue weighted by Crippen LogP contribution is -2.13. The maximum atomic E-state index is 5.52. The van der Waals surface area contributed by atoms with Crippen molar-refractivity contribution >= 4 is 11.6 Å². The fourth-order valence-electron chi connectivity index (χ4n) is 0.854. The molecule has 1 atom stereocenters. The molecule has 0 fully saturated rings. The van der Waals surface area contributed by atoms with Crippen LogP contribution >= 0.6 is 11.6 Å². The van der Waals surface area contributed by atoms with Crippen LogP contribution in [0.25, 0.3) is 0 Å². The van der Waals surface area contributed by atoms with Gasteiger partial charge in [-0.2, -0.15) is 0 Å². The van der Waals surface area contributed by atoms with Crippen LogP contribution in [-0.4, -0.2) is 12.4 Å². The van der Waals surface area contributed by atoms with Gasteiger partial charge in [-0.25, -0.2) is 0 Å². The van der Waals surface area contributed by atoms with Crippen LogP contribution in [0.5, 0.6) is 0 Å². The zero-order chi connectivity index (χ0) is 7.11. The van der Waals surface area contributed by atoms with Crippen molar-refractivity contribution in [2.24, 2.45) is 11.7 Å². The molecule has 9 heavy (non-hydrogen) atoms. The van der Waals surface area contributed by atoms with Crippen molar-refractivity contribution in [3.8, 4) is 0 Å². The summed E-state index contributed by atoms with van der Waals surface area (Å²) in [6, 6.07) is 0. The zero-order valence-electron chi connectivity index (χ0n) is 6.07. The van der Waals surface area contributed by atoms with Crippen LogP contribution < -0.4 is 5.73 Å². The van der Waals surface area contributed by atoms with Crippen molar-refractivity contribution in [3.63, 3.8) is 0 Å². The van der Waals surface area contributed by atoms with Crippen LogP contribution in [0.4, 0.5) is 0 Å². The molecule has 0 heterocycles. The molecule has 0 bridgehead atoms. The highest BCUT2D eigenvalue weighted by atomic mass is 35.5. The smallest absolute Gasteiger partial charge is 0.0223 e. The number of alkyl halides is 1. The summed E-state index contributed by atoms with van der Waals surface area (Å²) in [7, 11) is 0. The summed E-state index contributed by atoms with van der Waals surface area (Å²) < 4.78 is 0. The highest BCUT2D eigenvalue weighted by molar-refractivity contribution is 6.17. The lowest BCUT2D eigenvalue weighted by Gasteiger charge is -2.09.